The molecule has 2 N–H and O–H groups in total. The van der Waals surface area contributed by atoms with Gasteiger partial charge in [-0.3, -0.25) is 4.79 Å². The molecule has 0 unspecified atom stereocenters. The van der Waals surface area contributed by atoms with Crippen LogP contribution < -0.4 is 10.6 Å². The van der Waals surface area contributed by atoms with E-state index in [4.69, 9.17) is 5.26 Å². The van der Waals surface area contributed by atoms with Gasteiger partial charge in [0, 0.05) is 11.9 Å². The van der Waals surface area contributed by atoms with Gasteiger partial charge < -0.3 is 10.6 Å². The van der Waals surface area contributed by atoms with Crippen molar-refractivity contribution in [3.05, 3.63) is 83.6 Å². The van der Waals surface area contributed by atoms with Crippen LogP contribution in [0.15, 0.2) is 66.9 Å². The van der Waals surface area contributed by atoms with E-state index in [1.165, 1.54) is 30.5 Å². The fraction of sp³-hybridized carbons (Fsp3) is 0.0500. The second-order valence-electron chi connectivity index (χ2n) is 5.75. The van der Waals surface area contributed by atoms with Crippen molar-refractivity contribution in [3.8, 4) is 6.07 Å². The molecule has 0 radical (unpaired) electrons. The van der Waals surface area contributed by atoms with Gasteiger partial charge in [0.1, 0.15) is 11.9 Å². The third kappa shape index (κ3) is 4.45. The number of hydrogen-bond acceptors (Lipinski definition) is 4. The SMILES string of the molecule is N#Cc1ccccc1NC(=O)c1ccc(Nc2cccc(C(F)(F)F)c2)nc1. The van der Waals surface area contributed by atoms with Gasteiger partial charge in [0.05, 0.1) is 22.4 Å². The highest BCUT2D eigenvalue weighted by molar-refractivity contribution is 6.04. The predicted octanol–water partition coefficient (Wildman–Crippen LogP) is 4.97. The third-order valence-corrected chi connectivity index (χ3v) is 3.78. The van der Waals surface area contributed by atoms with Gasteiger partial charge in [-0.05, 0) is 42.5 Å². The molecule has 0 saturated heterocycles. The van der Waals surface area contributed by atoms with Crippen molar-refractivity contribution in [1.29, 1.82) is 5.26 Å². The Hall–Kier alpha value is -3.86. The van der Waals surface area contributed by atoms with Crippen molar-refractivity contribution >= 4 is 23.1 Å². The first-order chi connectivity index (χ1) is 13.4. The van der Waals surface area contributed by atoms with Gasteiger partial charge in [-0.1, -0.05) is 18.2 Å². The summed E-state index contributed by atoms with van der Waals surface area (Å²) in [6.45, 7) is 0. The number of carbonyl (C=O) groups excluding carboxylic acids is 1. The molecule has 3 rings (SSSR count). The molecule has 5 nitrogen and oxygen atoms in total. The summed E-state index contributed by atoms with van der Waals surface area (Å²) in [6, 6.07) is 16.2. The molecule has 1 amide bonds. The number of amides is 1. The minimum absolute atomic E-state index is 0.225. The molecule has 0 saturated carbocycles. The lowest BCUT2D eigenvalue weighted by atomic mass is 10.2. The Morgan fingerprint density at radius 1 is 1.04 bits per heavy atom. The zero-order valence-electron chi connectivity index (χ0n) is 14.3. The number of anilines is 3. The fourth-order valence-corrected chi connectivity index (χ4v) is 2.41. The lowest BCUT2D eigenvalue weighted by molar-refractivity contribution is -0.137. The normalized spacial score (nSPS) is 10.8. The molecule has 1 heterocycles. The average Bonchev–Trinajstić information content (AvgIpc) is 2.68. The number of alkyl halides is 3. The molecule has 2 aromatic carbocycles. The number of aromatic nitrogens is 1. The third-order valence-electron chi connectivity index (χ3n) is 3.78. The Morgan fingerprint density at radius 3 is 2.50 bits per heavy atom. The maximum Gasteiger partial charge on any atom is 0.416 e. The van der Waals surface area contributed by atoms with E-state index in [0.717, 1.165) is 12.1 Å². The number of nitrogens with one attached hydrogen (secondary N) is 2. The van der Waals surface area contributed by atoms with E-state index in [-0.39, 0.29) is 17.1 Å². The second-order valence-corrected chi connectivity index (χ2v) is 5.75. The minimum Gasteiger partial charge on any atom is -0.340 e. The van der Waals surface area contributed by atoms with E-state index < -0.39 is 17.6 Å². The first kappa shape index (κ1) is 18.9. The van der Waals surface area contributed by atoms with E-state index in [9.17, 15) is 18.0 Å². The van der Waals surface area contributed by atoms with E-state index in [1.807, 2.05) is 6.07 Å². The minimum atomic E-state index is -4.44. The van der Waals surface area contributed by atoms with Crippen LogP contribution in [-0.2, 0) is 6.18 Å². The summed E-state index contributed by atoms with van der Waals surface area (Å²) >= 11 is 0. The van der Waals surface area contributed by atoms with Crippen molar-refractivity contribution in [1.82, 2.24) is 4.98 Å². The summed E-state index contributed by atoms with van der Waals surface area (Å²) in [5.41, 5.74) is 0.391. The van der Waals surface area contributed by atoms with Crippen LogP contribution >= 0.6 is 0 Å². The number of rotatable bonds is 4. The number of hydrogen-bond donors (Lipinski definition) is 2. The summed E-state index contributed by atoms with van der Waals surface area (Å²) < 4.78 is 38.3. The molecule has 0 aliphatic rings. The van der Waals surface area contributed by atoms with Crippen LogP contribution in [0.3, 0.4) is 0 Å². The number of para-hydroxylation sites is 1. The van der Waals surface area contributed by atoms with Crippen molar-refractivity contribution in [3.63, 3.8) is 0 Å². The van der Waals surface area contributed by atoms with Crippen molar-refractivity contribution < 1.29 is 18.0 Å². The summed E-state index contributed by atoms with van der Waals surface area (Å²) in [5.74, 6) is -0.172. The molecule has 3 aromatic rings. The van der Waals surface area contributed by atoms with Crippen LogP contribution in [0.1, 0.15) is 21.5 Å². The molecule has 140 valence electrons. The van der Waals surface area contributed by atoms with Crippen LogP contribution in [0.5, 0.6) is 0 Å². The lowest BCUT2D eigenvalue weighted by Gasteiger charge is -2.11. The lowest BCUT2D eigenvalue weighted by Crippen LogP contribution is -2.13. The van der Waals surface area contributed by atoms with Gasteiger partial charge in [0.15, 0.2) is 0 Å². The van der Waals surface area contributed by atoms with Gasteiger partial charge in [-0.2, -0.15) is 18.4 Å². The first-order valence-electron chi connectivity index (χ1n) is 8.07. The van der Waals surface area contributed by atoms with Gasteiger partial charge in [-0.25, -0.2) is 4.98 Å². The Labute approximate surface area is 158 Å². The van der Waals surface area contributed by atoms with Gasteiger partial charge in [0.2, 0.25) is 0 Å². The Balaban J connectivity index is 1.72. The van der Waals surface area contributed by atoms with Gasteiger partial charge in [0.25, 0.3) is 5.91 Å². The largest absolute Gasteiger partial charge is 0.416 e. The molecule has 0 aliphatic carbocycles. The zero-order chi connectivity index (χ0) is 20.1. The molecule has 0 bridgehead atoms. The second kappa shape index (κ2) is 7.80. The summed E-state index contributed by atoms with van der Waals surface area (Å²) in [5, 5.41) is 14.4. The molecule has 8 heteroatoms. The number of benzene rings is 2. The molecular weight excluding hydrogens is 369 g/mol. The number of nitrogens with zero attached hydrogens (tertiary/aromatic N) is 2. The highest BCUT2D eigenvalue weighted by atomic mass is 19.4. The topological polar surface area (TPSA) is 77.8 Å². The van der Waals surface area contributed by atoms with Crippen LogP contribution in [-0.4, -0.2) is 10.9 Å². The van der Waals surface area contributed by atoms with E-state index in [1.54, 1.807) is 24.3 Å². The predicted molar refractivity (Wildman–Crippen MR) is 98.1 cm³/mol. The summed E-state index contributed by atoms with van der Waals surface area (Å²) in [6.07, 6.45) is -3.15. The molecule has 28 heavy (non-hydrogen) atoms. The number of halogens is 3. The number of pyridine rings is 1. The molecular formula is C20H13F3N4O. The van der Waals surface area contributed by atoms with Crippen LogP contribution in [0.4, 0.5) is 30.4 Å². The first-order valence-corrected chi connectivity index (χ1v) is 8.07. The average molecular weight is 382 g/mol. The molecule has 0 spiro atoms. The summed E-state index contributed by atoms with van der Waals surface area (Å²) in [7, 11) is 0. The maximum atomic E-state index is 12.8. The quantitative estimate of drug-likeness (QED) is 0.668. The standard InChI is InChI=1S/C20H13F3N4O/c21-20(22,23)15-5-3-6-16(10-15)26-18-9-8-14(12-25-18)19(28)27-17-7-2-1-4-13(17)11-24/h1-10,12H,(H,25,26)(H,27,28). The maximum absolute atomic E-state index is 12.8. The molecule has 0 fully saturated rings. The monoisotopic (exact) mass is 382 g/mol. The number of carbonyl (C=O) groups is 1. The van der Waals surface area contributed by atoms with Crippen LogP contribution in [0, 0.1) is 11.3 Å². The molecule has 0 aliphatic heterocycles. The summed E-state index contributed by atoms with van der Waals surface area (Å²) in [4.78, 5) is 16.4. The van der Waals surface area contributed by atoms with Gasteiger partial charge in [-0.15, -0.1) is 0 Å². The Bertz CT molecular complexity index is 1040. The van der Waals surface area contributed by atoms with Crippen molar-refractivity contribution in [2.75, 3.05) is 10.6 Å². The van der Waals surface area contributed by atoms with Crippen molar-refractivity contribution in [2.24, 2.45) is 0 Å². The van der Waals surface area contributed by atoms with E-state index in [0.29, 0.717) is 11.3 Å². The number of nitriles is 1. The van der Waals surface area contributed by atoms with Gasteiger partial charge >= 0.3 is 6.18 Å². The van der Waals surface area contributed by atoms with Crippen LogP contribution in [0.25, 0.3) is 0 Å². The smallest absolute Gasteiger partial charge is 0.340 e. The van der Waals surface area contributed by atoms with E-state index >= 15 is 0 Å². The fourth-order valence-electron chi connectivity index (χ4n) is 2.41. The highest BCUT2D eigenvalue weighted by Gasteiger charge is 2.30. The Morgan fingerprint density at radius 2 is 1.82 bits per heavy atom. The van der Waals surface area contributed by atoms with E-state index in [2.05, 4.69) is 15.6 Å². The molecule has 0 atom stereocenters. The van der Waals surface area contributed by atoms with Crippen molar-refractivity contribution in [2.45, 2.75) is 6.18 Å². The zero-order valence-corrected chi connectivity index (χ0v) is 14.3. The highest BCUT2D eigenvalue weighted by Crippen LogP contribution is 2.31. The Kier molecular flexibility index (Phi) is 5.27. The van der Waals surface area contributed by atoms with Crippen LogP contribution in [0.2, 0.25) is 0 Å². The molecule has 1 aromatic heterocycles.